The monoisotopic (exact) mass is 343 g/mol. The van der Waals surface area contributed by atoms with Gasteiger partial charge >= 0.3 is 12.1 Å². The Kier molecular flexibility index (Phi) is 5.89. The molecule has 2 heterocycles. The molecule has 1 fully saturated rings. The van der Waals surface area contributed by atoms with E-state index in [9.17, 15) is 19.5 Å². The van der Waals surface area contributed by atoms with E-state index in [-0.39, 0.29) is 29.6 Å². The molecular weight excluding hydrogens is 322 g/mol. The van der Waals surface area contributed by atoms with Gasteiger partial charge in [-0.3, -0.25) is 9.69 Å². The molecule has 0 spiro atoms. The largest absolute Gasteiger partial charge is 0.477 e. The molecule has 1 unspecified atom stereocenters. The van der Waals surface area contributed by atoms with E-state index in [1.165, 1.54) is 16.7 Å². The first kappa shape index (κ1) is 17.6. The van der Waals surface area contributed by atoms with E-state index in [2.05, 4.69) is 17.0 Å². The van der Waals surface area contributed by atoms with E-state index in [1.54, 1.807) is 0 Å². The number of carboxylic acids is 1. The molecule has 0 aromatic carbocycles. The molecule has 0 aromatic heterocycles. The van der Waals surface area contributed by atoms with Gasteiger partial charge in [0.1, 0.15) is 23.7 Å². The highest BCUT2D eigenvalue weighted by molar-refractivity contribution is 8.00. The third-order valence-corrected chi connectivity index (χ3v) is 5.12. The van der Waals surface area contributed by atoms with E-state index < -0.39 is 12.1 Å². The molecule has 8 nitrogen and oxygen atoms in total. The number of carbonyl (C=O) groups is 3. The van der Waals surface area contributed by atoms with Gasteiger partial charge in [-0.2, -0.15) is 0 Å². The Morgan fingerprint density at radius 1 is 1.48 bits per heavy atom. The van der Waals surface area contributed by atoms with E-state index in [1.807, 2.05) is 0 Å². The summed E-state index contributed by atoms with van der Waals surface area (Å²) in [4.78, 5) is 35.7. The molecule has 0 bridgehead atoms. The van der Waals surface area contributed by atoms with E-state index in [0.717, 1.165) is 25.8 Å². The summed E-state index contributed by atoms with van der Waals surface area (Å²) in [6.45, 7) is 2.63. The smallest absolute Gasteiger partial charge is 0.404 e. The standard InChI is InChI=1S/C14H21N3O5S/c1-2-3-4-5-16-9-11(18)17-10(13(19)20)8(6-22-14(15)21)7-23-12(9)17/h9,12,16H,2-7H2,1H3,(H2,15,21)(H,19,20)/t9?,12-/m1/s1. The first-order valence-electron chi connectivity index (χ1n) is 7.53. The number of nitrogens with zero attached hydrogens (tertiary/aromatic N) is 1. The summed E-state index contributed by atoms with van der Waals surface area (Å²) in [6, 6.07) is -0.357. The number of amides is 2. The van der Waals surface area contributed by atoms with Crippen molar-refractivity contribution < 1.29 is 24.2 Å². The van der Waals surface area contributed by atoms with Crippen molar-refractivity contribution in [2.45, 2.75) is 37.6 Å². The van der Waals surface area contributed by atoms with Gasteiger partial charge in [0.25, 0.3) is 0 Å². The third kappa shape index (κ3) is 3.78. The number of ether oxygens (including phenoxy) is 1. The second kappa shape index (κ2) is 7.69. The lowest BCUT2D eigenvalue weighted by Gasteiger charge is -2.49. The molecule has 2 aliphatic heterocycles. The molecule has 0 aliphatic carbocycles. The maximum atomic E-state index is 12.3. The summed E-state index contributed by atoms with van der Waals surface area (Å²) in [5, 5.41) is 12.4. The fraction of sp³-hybridized carbons (Fsp3) is 0.643. The molecule has 4 N–H and O–H groups in total. The summed E-state index contributed by atoms with van der Waals surface area (Å²) in [5.41, 5.74) is 5.20. The Bertz CT molecular complexity index is 537. The van der Waals surface area contributed by atoms with Crippen molar-refractivity contribution in [3.05, 3.63) is 11.3 Å². The Morgan fingerprint density at radius 3 is 2.83 bits per heavy atom. The van der Waals surface area contributed by atoms with Crippen LogP contribution in [0.15, 0.2) is 11.3 Å². The number of rotatable bonds is 8. The van der Waals surface area contributed by atoms with Gasteiger partial charge in [0.2, 0.25) is 5.91 Å². The quantitative estimate of drug-likeness (QED) is 0.433. The van der Waals surface area contributed by atoms with Crippen molar-refractivity contribution in [3.8, 4) is 0 Å². The number of β-lactam (4-membered cyclic amide) rings is 1. The number of primary amides is 1. The number of aliphatic carboxylic acids is 1. The van der Waals surface area contributed by atoms with Crippen molar-refractivity contribution in [3.63, 3.8) is 0 Å². The minimum absolute atomic E-state index is 0.0911. The number of nitrogens with one attached hydrogen (secondary N) is 1. The second-order valence-corrected chi connectivity index (χ2v) is 6.52. The van der Waals surface area contributed by atoms with Gasteiger partial charge in [-0.1, -0.05) is 19.8 Å². The normalized spacial score (nSPS) is 23.3. The van der Waals surface area contributed by atoms with Gasteiger partial charge in [-0.15, -0.1) is 11.8 Å². The van der Waals surface area contributed by atoms with Gasteiger partial charge in [-0.05, 0) is 13.0 Å². The highest BCUT2D eigenvalue weighted by atomic mass is 32.2. The van der Waals surface area contributed by atoms with Crippen LogP contribution in [0.3, 0.4) is 0 Å². The predicted octanol–water partition coefficient (Wildman–Crippen LogP) is 0.484. The maximum Gasteiger partial charge on any atom is 0.404 e. The van der Waals surface area contributed by atoms with Crippen LogP contribution < -0.4 is 11.1 Å². The molecule has 1 saturated heterocycles. The van der Waals surface area contributed by atoms with Gasteiger partial charge < -0.3 is 20.9 Å². The zero-order chi connectivity index (χ0) is 17.0. The maximum absolute atomic E-state index is 12.3. The van der Waals surface area contributed by atoms with E-state index in [4.69, 9.17) is 5.73 Å². The zero-order valence-electron chi connectivity index (χ0n) is 12.9. The molecule has 2 atom stereocenters. The first-order chi connectivity index (χ1) is 11.0. The number of thioether (sulfide) groups is 1. The molecule has 2 aliphatic rings. The average molecular weight is 343 g/mol. The lowest BCUT2D eigenvalue weighted by atomic mass is 10.0. The topological polar surface area (TPSA) is 122 Å². The Hall–Kier alpha value is -1.74. The van der Waals surface area contributed by atoms with Crippen LogP contribution in [0, 0.1) is 0 Å². The van der Waals surface area contributed by atoms with Crippen LogP contribution in [0.25, 0.3) is 0 Å². The predicted molar refractivity (Wildman–Crippen MR) is 84.6 cm³/mol. The average Bonchev–Trinajstić information content (AvgIpc) is 2.51. The molecule has 9 heteroatoms. The lowest BCUT2D eigenvalue weighted by Crippen LogP contribution is -2.70. The number of hydrogen-bond acceptors (Lipinski definition) is 6. The summed E-state index contributed by atoms with van der Waals surface area (Å²) in [5.74, 6) is -1.07. The van der Waals surface area contributed by atoms with E-state index in [0.29, 0.717) is 11.3 Å². The van der Waals surface area contributed by atoms with Crippen molar-refractivity contribution in [2.24, 2.45) is 5.73 Å². The number of fused-ring (bicyclic) bond motifs is 1. The summed E-state index contributed by atoms with van der Waals surface area (Å²) in [7, 11) is 0. The molecule has 2 amide bonds. The number of nitrogens with two attached hydrogens (primary N) is 1. The third-order valence-electron chi connectivity index (χ3n) is 3.78. The minimum Gasteiger partial charge on any atom is -0.477 e. The van der Waals surface area contributed by atoms with Crippen LogP contribution in [0.4, 0.5) is 4.79 Å². The fourth-order valence-electron chi connectivity index (χ4n) is 2.64. The summed E-state index contributed by atoms with van der Waals surface area (Å²) < 4.78 is 4.67. The molecule has 0 radical (unpaired) electrons. The SMILES string of the molecule is CCCCCNC1C(=O)N2C(C(=O)O)=C(COC(N)=O)CS[C@H]12. The molecule has 0 saturated carbocycles. The molecule has 2 rings (SSSR count). The number of carboxylic acid groups (broad SMARTS) is 1. The van der Waals surface area contributed by atoms with Crippen molar-refractivity contribution >= 4 is 29.7 Å². The lowest BCUT2D eigenvalue weighted by molar-refractivity contribution is -0.149. The van der Waals surface area contributed by atoms with E-state index >= 15 is 0 Å². The second-order valence-electron chi connectivity index (χ2n) is 5.41. The Labute approximate surface area is 138 Å². The van der Waals surface area contributed by atoms with Crippen molar-refractivity contribution in [1.82, 2.24) is 10.2 Å². The van der Waals surface area contributed by atoms with Crippen molar-refractivity contribution in [2.75, 3.05) is 18.9 Å². The number of unbranched alkanes of at least 4 members (excludes halogenated alkanes) is 2. The summed E-state index contributed by atoms with van der Waals surface area (Å²) >= 11 is 1.46. The van der Waals surface area contributed by atoms with Crippen LogP contribution in [0.5, 0.6) is 0 Å². The molecular formula is C14H21N3O5S. The van der Waals surface area contributed by atoms with Gasteiger partial charge in [0, 0.05) is 11.3 Å². The van der Waals surface area contributed by atoms with Crippen LogP contribution in [-0.2, 0) is 14.3 Å². The van der Waals surface area contributed by atoms with Gasteiger partial charge in [0.05, 0.1) is 0 Å². The van der Waals surface area contributed by atoms with Crippen LogP contribution in [0.1, 0.15) is 26.2 Å². The number of carbonyl (C=O) groups excluding carboxylic acids is 2. The summed E-state index contributed by atoms with van der Waals surface area (Å²) in [6.07, 6.45) is 2.20. The van der Waals surface area contributed by atoms with Crippen LogP contribution >= 0.6 is 11.8 Å². The molecule has 23 heavy (non-hydrogen) atoms. The molecule has 128 valence electrons. The number of hydrogen-bond donors (Lipinski definition) is 3. The van der Waals surface area contributed by atoms with Crippen LogP contribution in [0.2, 0.25) is 0 Å². The highest BCUT2D eigenvalue weighted by Crippen LogP contribution is 2.40. The molecule has 0 aromatic rings. The van der Waals surface area contributed by atoms with Crippen LogP contribution in [-0.4, -0.2) is 58.3 Å². The highest BCUT2D eigenvalue weighted by Gasteiger charge is 2.53. The van der Waals surface area contributed by atoms with Gasteiger partial charge in [0.15, 0.2) is 0 Å². The Balaban J connectivity index is 2.04. The van der Waals surface area contributed by atoms with Crippen molar-refractivity contribution in [1.29, 1.82) is 0 Å². The fourth-order valence-corrected chi connectivity index (χ4v) is 4.00. The first-order valence-corrected chi connectivity index (χ1v) is 8.57. The Morgan fingerprint density at radius 2 is 2.22 bits per heavy atom. The minimum atomic E-state index is -1.20. The van der Waals surface area contributed by atoms with Gasteiger partial charge in [-0.25, -0.2) is 9.59 Å². The zero-order valence-corrected chi connectivity index (χ0v) is 13.7.